The van der Waals surface area contributed by atoms with Gasteiger partial charge in [-0.3, -0.25) is 14.5 Å². The molecule has 218 valence electrons. The molecule has 1 aliphatic heterocycles. The van der Waals surface area contributed by atoms with Crippen LogP contribution in [-0.4, -0.2) is 70.2 Å². The van der Waals surface area contributed by atoms with E-state index in [0.717, 1.165) is 33.0 Å². The van der Waals surface area contributed by atoms with Crippen LogP contribution in [0.1, 0.15) is 30.0 Å². The minimum Gasteiger partial charge on any atom is -0.394 e. The Kier molecular flexibility index (Phi) is 10.5. The van der Waals surface area contributed by atoms with E-state index < -0.39 is 32.8 Å². The van der Waals surface area contributed by atoms with Gasteiger partial charge < -0.3 is 15.5 Å². The molecule has 1 atom stereocenters. The van der Waals surface area contributed by atoms with E-state index in [2.05, 4.69) is 14.6 Å². The number of allylic oxidation sites excluding steroid dienone is 2. The summed E-state index contributed by atoms with van der Waals surface area (Å²) in [7, 11) is -1.96. The Labute approximate surface area is 241 Å². The fourth-order valence-corrected chi connectivity index (χ4v) is 5.86. The predicted molar refractivity (Wildman–Crippen MR) is 152 cm³/mol. The van der Waals surface area contributed by atoms with Crippen molar-refractivity contribution in [1.29, 1.82) is 0 Å². The zero-order chi connectivity index (χ0) is 29.7. The number of benzene rings is 2. The highest BCUT2D eigenvalue weighted by molar-refractivity contribution is 7.97. The Morgan fingerprint density at radius 1 is 1.18 bits per heavy atom. The van der Waals surface area contributed by atoms with Crippen LogP contribution in [-0.2, 0) is 21.2 Å². The molecule has 0 aromatic heterocycles. The number of likely N-dealkylation sites (tertiary alicyclic amines) is 1. The average molecular weight is 621 g/mol. The standard InChI is InChI=1S/C26H30Cl2F3N5O3S/c1-33-15-23(25(32)26(29,30)31)40(38,39)34-19-7-5-6-18(14-19)22(16-36-10-3-4-11-36)35(2)24(37)13-17-8-9-20(27)21(28)12-17/h5-9,12,14-15,22,34H,3-4,10-11,13,16,32H2,1-2H3/t22-/m1/s1. The van der Waals surface area contributed by atoms with E-state index in [0.29, 0.717) is 33.9 Å². The molecule has 8 nitrogen and oxygen atoms in total. The van der Waals surface area contributed by atoms with E-state index in [1.54, 1.807) is 42.3 Å². The summed E-state index contributed by atoms with van der Waals surface area (Å²) in [6, 6.07) is 10.6. The summed E-state index contributed by atoms with van der Waals surface area (Å²) in [4.78, 5) is 19.3. The summed E-state index contributed by atoms with van der Waals surface area (Å²) in [5.74, 6) is -0.212. The van der Waals surface area contributed by atoms with Crippen molar-refractivity contribution in [3.05, 3.63) is 74.2 Å². The molecule has 1 aliphatic rings. The summed E-state index contributed by atoms with van der Waals surface area (Å²) >= 11 is 12.1. The molecule has 0 aliphatic carbocycles. The highest BCUT2D eigenvalue weighted by Gasteiger charge is 2.38. The maximum absolute atomic E-state index is 13.3. The Morgan fingerprint density at radius 2 is 1.85 bits per heavy atom. The molecule has 1 amide bonds. The van der Waals surface area contributed by atoms with Crippen LogP contribution in [0.2, 0.25) is 10.0 Å². The van der Waals surface area contributed by atoms with Crippen LogP contribution in [0.3, 0.4) is 0 Å². The fraction of sp³-hybridized carbons (Fsp3) is 0.385. The highest BCUT2D eigenvalue weighted by Crippen LogP contribution is 2.30. The van der Waals surface area contributed by atoms with Crippen LogP contribution in [0, 0.1) is 0 Å². The maximum atomic E-state index is 13.3. The highest BCUT2D eigenvalue weighted by atomic mass is 35.5. The van der Waals surface area contributed by atoms with Crippen molar-refractivity contribution in [2.24, 2.45) is 10.7 Å². The zero-order valence-electron chi connectivity index (χ0n) is 21.9. The average Bonchev–Trinajstić information content (AvgIpc) is 3.40. The van der Waals surface area contributed by atoms with Gasteiger partial charge in [0.05, 0.1) is 22.5 Å². The number of alkyl halides is 3. The third kappa shape index (κ3) is 8.12. The number of nitrogens with zero attached hydrogens (tertiary/aromatic N) is 3. The summed E-state index contributed by atoms with van der Waals surface area (Å²) in [5.41, 5.74) is 4.60. The van der Waals surface area contributed by atoms with Crippen LogP contribution in [0.4, 0.5) is 18.9 Å². The van der Waals surface area contributed by atoms with Crippen LogP contribution >= 0.6 is 23.2 Å². The normalized spacial score (nSPS) is 16.2. The number of rotatable bonds is 10. The Balaban J connectivity index is 1.93. The minimum absolute atomic E-state index is 0.00577. The van der Waals surface area contributed by atoms with Gasteiger partial charge in [-0.2, -0.15) is 13.2 Å². The summed E-state index contributed by atoms with van der Waals surface area (Å²) < 4.78 is 67.6. The molecule has 0 bridgehead atoms. The number of aliphatic imine (C=N–C) groups is 1. The number of halogens is 5. The van der Waals surface area contributed by atoms with Gasteiger partial charge >= 0.3 is 6.18 Å². The molecule has 3 N–H and O–H groups in total. The first kappa shape index (κ1) is 31.7. The maximum Gasteiger partial charge on any atom is 0.432 e. The summed E-state index contributed by atoms with van der Waals surface area (Å²) in [6.07, 6.45) is -2.45. The van der Waals surface area contributed by atoms with E-state index in [-0.39, 0.29) is 18.0 Å². The number of likely N-dealkylation sites (N-methyl/N-ethyl adjacent to an activating group) is 1. The molecule has 1 saturated heterocycles. The molecule has 2 aromatic carbocycles. The first-order valence-corrected chi connectivity index (χ1v) is 14.5. The van der Waals surface area contributed by atoms with Crippen molar-refractivity contribution < 1.29 is 26.4 Å². The lowest BCUT2D eigenvalue weighted by Crippen LogP contribution is -2.39. The van der Waals surface area contributed by atoms with Crippen LogP contribution < -0.4 is 10.5 Å². The molecule has 0 spiro atoms. The third-order valence-electron chi connectivity index (χ3n) is 6.46. The lowest BCUT2D eigenvalue weighted by Gasteiger charge is -2.32. The molecule has 3 rings (SSSR count). The Bertz CT molecular complexity index is 1390. The molecule has 14 heteroatoms. The molecular formula is C26H30Cl2F3N5O3S. The van der Waals surface area contributed by atoms with Crippen LogP contribution in [0.5, 0.6) is 0 Å². The number of anilines is 1. The van der Waals surface area contributed by atoms with Gasteiger partial charge in [0.1, 0.15) is 10.6 Å². The molecule has 0 saturated carbocycles. The lowest BCUT2D eigenvalue weighted by atomic mass is 10.0. The molecule has 0 radical (unpaired) electrons. The second-order valence-electron chi connectivity index (χ2n) is 9.35. The van der Waals surface area contributed by atoms with Crippen molar-refractivity contribution in [1.82, 2.24) is 9.80 Å². The third-order valence-corrected chi connectivity index (χ3v) is 8.61. The van der Waals surface area contributed by atoms with Gasteiger partial charge in [0.25, 0.3) is 10.0 Å². The molecule has 40 heavy (non-hydrogen) atoms. The molecule has 2 aromatic rings. The van der Waals surface area contributed by atoms with E-state index in [1.807, 2.05) is 0 Å². The van der Waals surface area contributed by atoms with Gasteiger partial charge in [-0.05, 0) is 61.3 Å². The Morgan fingerprint density at radius 3 is 2.45 bits per heavy atom. The largest absolute Gasteiger partial charge is 0.432 e. The van der Waals surface area contributed by atoms with Gasteiger partial charge in [-0.15, -0.1) is 0 Å². The van der Waals surface area contributed by atoms with Crippen LogP contribution in [0.25, 0.3) is 0 Å². The van der Waals surface area contributed by atoms with Crippen molar-refractivity contribution >= 4 is 51.0 Å². The fourth-order valence-electron chi connectivity index (χ4n) is 4.34. The smallest absolute Gasteiger partial charge is 0.394 e. The SMILES string of the molecule is CN=CC(=C(N)C(F)(F)F)S(=O)(=O)Nc1cccc([C@@H](CN2CCCC2)N(C)C(=O)Cc2ccc(Cl)c(Cl)c2)c1. The van der Waals surface area contributed by atoms with Gasteiger partial charge in [0.2, 0.25) is 5.91 Å². The number of carbonyl (C=O) groups is 1. The van der Waals surface area contributed by atoms with E-state index in [9.17, 15) is 26.4 Å². The van der Waals surface area contributed by atoms with E-state index >= 15 is 0 Å². The van der Waals surface area contributed by atoms with E-state index in [4.69, 9.17) is 28.9 Å². The lowest BCUT2D eigenvalue weighted by molar-refractivity contribution is -0.131. The van der Waals surface area contributed by atoms with Gasteiger partial charge in [-0.25, -0.2) is 8.42 Å². The minimum atomic E-state index is -5.08. The number of nitrogens with one attached hydrogen (secondary N) is 1. The number of nitrogens with two attached hydrogens (primary N) is 1. The Hall–Kier alpha value is -2.80. The van der Waals surface area contributed by atoms with Gasteiger partial charge in [-0.1, -0.05) is 41.4 Å². The second-order valence-corrected chi connectivity index (χ2v) is 11.8. The van der Waals surface area contributed by atoms with Gasteiger partial charge in [0.15, 0.2) is 0 Å². The number of hydrogen-bond donors (Lipinski definition) is 2. The number of amides is 1. The molecular weight excluding hydrogens is 590 g/mol. The molecule has 0 unspecified atom stereocenters. The number of carbonyl (C=O) groups excluding carboxylic acids is 1. The first-order chi connectivity index (χ1) is 18.7. The van der Waals surface area contributed by atoms with Crippen molar-refractivity contribution in [2.45, 2.75) is 31.5 Å². The van der Waals surface area contributed by atoms with Gasteiger partial charge in [0, 0.05) is 32.5 Å². The van der Waals surface area contributed by atoms with Crippen LogP contribution in [0.15, 0.2) is 58.1 Å². The number of sulfonamides is 1. The van der Waals surface area contributed by atoms with Crippen molar-refractivity contribution in [2.75, 3.05) is 38.5 Å². The number of hydrogen-bond acceptors (Lipinski definition) is 6. The summed E-state index contributed by atoms with van der Waals surface area (Å²) in [5, 5.41) is 0.702. The van der Waals surface area contributed by atoms with Crippen molar-refractivity contribution in [3.63, 3.8) is 0 Å². The first-order valence-electron chi connectivity index (χ1n) is 12.3. The second kappa shape index (κ2) is 13.2. The van der Waals surface area contributed by atoms with E-state index in [1.165, 1.54) is 12.1 Å². The van der Waals surface area contributed by atoms with Crippen molar-refractivity contribution in [3.8, 4) is 0 Å². The monoisotopic (exact) mass is 619 g/mol. The quantitative estimate of drug-likeness (QED) is 0.364. The predicted octanol–water partition coefficient (Wildman–Crippen LogP) is 5.01. The molecule has 1 fully saturated rings. The topological polar surface area (TPSA) is 108 Å². The molecule has 1 heterocycles. The zero-order valence-corrected chi connectivity index (χ0v) is 24.2. The summed E-state index contributed by atoms with van der Waals surface area (Å²) in [6.45, 7) is 2.17.